The molecular formula is C19H16FN5. The van der Waals surface area contributed by atoms with Crippen LogP contribution in [0.5, 0.6) is 0 Å². The Hall–Kier alpha value is -3.28. The summed E-state index contributed by atoms with van der Waals surface area (Å²) < 4.78 is 14.9. The SMILES string of the molecule is CCc1nn2ccccc2c1-c1cncc(Nc2ccc(F)cc2)n1. The lowest BCUT2D eigenvalue weighted by Crippen LogP contribution is -1.97. The molecule has 0 unspecified atom stereocenters. The van der Waals surface area contributed by atoms with Gasteiger partial charge in [-0.15, -0.1) is 0 Å². The minimum atomic E-state index is -0.274. The van der Waals surface area contributed by atoms with Gasteiger partial charge in [0, 0.05) is 11.9 Å². The second-order valence-corrected chi connectivity index (χ2v) is 5.63. The monoisotopic (exact) mass is 333 g/mol. The maximum absolute atomic E-state index is 13.0. The smallest absolute Gasteiger partial charge is 0.149 e. The molecule has 0 aliphatic heterocycles. The van der Waals surface area contributed by atoms with Crippen LogP contribution in [-0.4, -0.2) is 19.6 Å². The second-order valence-electron chi connectivity index (χ2n) is 5.63. The first-order valence-corrected chi connectivity index (χ1v) is 8.06. The van der Waals surface area contributed by atoms with E-state index in [2.05, 4.69) is 27.3 Å². The predicted molar refractivity (Wildman–Crippen MR) is 95.3 cm³/mol. The summed E-state index contributed by atoms with van der Waals surface area (Å²) in [5, 5.41) is 7.77. The van der Waals surface area contributed by atoms with Crippen LogP contribution in [0.15, 0.2) is 61.1 Å². The largest absolute Gasteiger partial charge is 0.339 e. The number of nitrogens with zero attached hydrogens (tertiary/aromatic N) is 4. The molecule has 0 radical (unpaired) electrons. The number of anilines is 2. The highest BCUT2D eigenvalue weighted by Gasteiger charge is 2.15. The average molecular weight is 333 g/mol. The van der Waals surface area contributed by atoms with Crippen molar-refractivity contribution in [2.24, 2.45) is 0 Å². The summed E-state index contributed by atoms with van der Waals surface area (Å²) in [5.41, 5.74) is 4.46. The van der Waals surface area contributed by atoms with Crippen molar-refractivity contribution in [2.75, 3.05) is 5.32 Å². The Labute approximate surface area is 144 Å². The highest BCUT2D eigenvalue weighted by atomic mass is 19.1. The summed E-state index contributed by atoms with van der Waals surface area (Å²) in [6, 6.07) is 12.1. The van der Waals surface area contributed by atoms with Crippen LogP contribution in [0.2, 0.25) is 0 Å². The fraction of sp³-hybridized carbons (Fsp3) is 0.105. The van der Waals surface area contributed by atoms with E-state index in [1.165, 1.54) is 12.1 Å². The zero-order valence-corrected chi connectivity index (χ0v) is 13.6. The van der Waals surface area contributed by atoms with Crippen LogP contribution in [0.3, 0.4) is 0 Å². The molecule has 6 heteroatoms. The van der Waals surface area contributed by atoms with Gasteiger partial charge in [0.15, 0.2) is 0 Å². The van der Waals surface area contributed by atoms with Gasteiger partial charge in [0.25, 0.3) is 0 Å². The number of hydrogen-bond acceptors (Lipinski definition) is 4. The molecule has 25 heavy (non-hydrogen) atoms. The van der Waals surface area contributed by atoms with Gasteiger partial charge < -0.3 is 5.32 Å². The molecule has 0 fully saturated rings. The van der Waals surface area contributed by atoms with E-state index in [0.29, 0.717) is 5.82 Å². The molecule has 3 heterocycles. The minimum absolute atomic E-state index is 0.274. The lowest BCUT2D eigenvalue weighted by Gasteiger charge is -2.07. The van der Waals surface area contributed by atoms with Crippen molar-refractivity contribution >= 4 is 17.0 Å². The van der Waals surface area contributed by atoms with Crippen LogP contribution in [0.25, 0.3) is 16.8 Å². The third-order valence-corrected chi connectivity index (χ3v) is 3.95. The van der Waals surface area contributed by atoms with Crippen LogP contribution < -0.4 is 5.32 Å². The third kappa shape index (κ3) is 2.94. The first kappa shape index (κ1) is 15.3. The fourth-order valence-electron chi connectivity index (χ4n) is 2.80. The molecule has 0 bridgehead atoms. The van der Waals surface area contributed by atoms with E-state index in [9.17, 15) is 4.39 Å². The molecule has 3 aromatic heterocycles. The molecule has 0 aliphatic carbocycles. The zero-order chi connectivity index (χ0) is 17.2. The number of nitrogens with one attached hydrogen (secondary N) is 1. The van der Waals surface area contributed by atoms with E-state index in [4.69, 9.17) is 0 Å². The van der Waals surface area contributed by atoms with Crippen LogP contribution in [0, 0.1) is 5.82 Å². The molecule has 4 aromatic rings. The highest BCUT2D eigenvalue weighted by molar-refractivity contribution is 5.80. The highest BCUT2D eigenvalue weighted by Crippen LogP contribution is 2.28. The van der Waals surface area contributed by atoms with E-state index in [-0.39, 0.29) is 5.82 Å². The number of hydrogen-bond donors (Lipinski definition) is 1. The van der Waals surface area contributed by atoms with Gasteiger partial charge >= 0.3 is 0 Å². The molecule has 0 atom stereocenters. The van der Waals surface area contributed by atoms with Crippen molar-refractivity contribution in [3.05, 3.63) is 72.6 Å². The van der Waals surface area contributed by atoms with Crippen LogP contribution in [0.4, 0.5) is 15.9 Å². The third-order valence-electron chi connectivity index (χ3n) is 3.95. The van der Waals surface area contributed by atoms with Gasteiger partial charge in [-0.25, -0.2) is 13.9 Å². The van der Waals surface area contributed by atoms with Crippen LogP contribution >= 0.6 is 0 Å². The van der Waals surface area contributed by atoms with Crippen molar-refractivity contribution in [2.45, 2.75) is 13.3 Å². The number of aromatic nitrogens is 4. The summed E-state index contributed by atoms with van der Waals surface area (Å²) in [5.74, 6) is 0.325. The van der Waals surface area contributed by atoms with Crippen molar-refractivity contribution in [3.8, 4) is 11.3 Å². The van der Waals surface area contributed by atoms with Crippen LogP contribution in [-0.2, 0) is 6.42 Å². The number of benzene rings is 1. The molecule has 0 spiro atoms. The average Bonchev–Trinajstić information content (AvgIpc) is 3.02. The van der Waals surface area contributed by atoms with Gasteiger partial charge in [0.1, 0.15) is 11.6 Å². The molecule has 0 saturated carbocycles. The van der Waals surface area contributed by atoms with Crippen molar-refractivity contribution in [1.29, 1.82) is 0 Å². The Morgan fingerprint density at radius 3 is 2.72 bits per heavy atom. The van der Waals surface area contributed by atoms with Crippen LogP contribution in [0.1, 0.15) is 12.6 Å². The Bertz CT molecular complexity index is 1020. The number of rotatable bonds is 4. The molecule has 0 amide bonds. The Morgan fingerprint density at radius 1 is 1.08 bits per heavy atom. The summed E-state index contributed by atoms with van der Waals surface area (Å²) in [6.07, 6.45) is 6.10. The van der Waals surface area contributed by atoms with E-state index >= 15 is 0 Å². The van der Waals surface area contributed by atoms with Gasteiger partial charge in [0.2, 0.25) is 0 Å². The zero-order valence-electron chi connectivity index (χ0n) is 13.6. The van der Waals surface area contributed by atoms with Crippen molar-refractivity contribution < 1.29 is 4.39 Å². The van der Waals surface area contributed by atoms with E-state index in [1.54, 1.807) is 24.5 Å². The lowest BCUT2D eigenvalue weighted by molar-refractivity contribution is 0.628. The standard InChI is InChI=1S/C19H16FN5/c1-2-15-19(17-5-3-4-10-25(17)24-15)16-11-21-12-18(23-16)22-14-8-6-13(20)7-9-14/h3-12H,2H2,1H3,(H,22,23). The van der Waals surface area contributed by atoms with E-state index < -0.39 is 0 Å². The molecule has 1 aromatic carbocycles. The second kappa shape index (κ2) is 6.32. The summed E-state index contributed by atoms with van der Waals surface area (Å²) in [4.78, 5) is 8.97. The molecule has 5 nitrogen and oxygen atoms in total. The minimum Gasteiger partial charge on any atom is -0.339 e. The first-order chi connectivity index (χ1) is 12.2. The molecule has 4 rings (SSSR count). The van der Waals surface area contributed by atoms with Gasteiger partial charge in [0.05, 0.1) is 34.9 Å². The summed E-state index contributed by atoms with van der Waals surface area (Å²) in [7, 11) is 0. The molecule has 0 aliphatic rings. The summed E-state index contributed by atoms with van der Waals surface area (Å²) in [6.45, 7) is 2.07. The Morgan fingerprint density at radius 2 is 1.92 bits per heavy atom. The van der Waals surface area contributed by atoms with Gasteiger partial charge in [-0.2, -0.15) is 5.10 Å². The first-order valence-electron chi connectivity index (χ1n) is 8.06. The molecule has 124 valence electrons. The topological polar surface area (TPSA) is 55.1 Å². The van der Waals surface area contributed by atoms with E-state index in [1.807, 2.05) is 28.9 Å². The normalized spacial score (nSPS) is 11.0. The fourth-order valence-corrected chi connectivity index (χ4v) is 2.80. The number of halogens is 1. The molecule has 0 saturated heterocycles. The quantitative estimate of drug-likeness (QED) is 0.607. The van der Waals surface area contributed by atoms with Crippen molar-refractivity contribution in [1.82, 2.24) is 19.6 Å². The molecule has 1 N–H and O–H groups in total. The lowest BCUT2D eigenvalue weighted by atomic mass is 10.1. The number of pyridine rings is 1. The number of fused-ring (bicyclic) bond motifs is 1. The van der Waals surface area contributed by atoms with Gasteiger partial charge in [-0.05, 0) is 42.8 Å². The predicted octanol–water partition coefficient (Wildman–Crippen LogP) is 4.24. The maximum atomic E-state index is 13.0. The van der Waals surface area contributed by atoms with Gasteiger partial charge in [-0.1, -0.05) is 13.0 Å². The molecular weight excluding hydrogens is 317 g/mol. The Kier molecular flexibility index (Phi) is 3.85. The number of aryl methyl sites for hydroxylation is 1. The summed E-state index contributed by atoms with van der Waals surface area (Å²) >= 11 is 0. The van der Waals surface area contributed by atoms with Crippen molar-refractivity contribution in [3.63, 3.8) is 0 Å². The maximum Gasteiger partial charge on any atom is 0.149 e. The Balaban J connectivity index is 1.76. The van der Waals surface area contributed by atoms with Gasteiger partial charge in [-0.3, -0.25) is 4.98 Å². The van der Waals surface area contributed by atoms with E-state index in [0.717, 1.165) is 34.6 Å².